The van der Waals surface area contributed by atoms with Gasteiger partial charge in [-0.25, -0.2) is 13.8 Å². The first kappa shape index (κ1) is 23.2. The lowest BCUT2D eigenvalue weighted by molar-refractivity contribution is -0.133. The maximum absolute atomic E-state index is 13.3. The van der Waals surface area contributed by atoms with Gasteiger partial charge in [0.05, 0.1) is 11.9 Å². The van der Waals surface area contributed by atoms with Crippen LogP contribution >= 0.6 is 0 Å². The highest BCUT2D eigenvalue weighted by Crippen LogP contribution is 2.18. The fourth-order valence-corrected chi connectivity index (χ4v) is 3.68. The molecule has 3 aromatic rings. The molecule has 2 aromatic carbocycles. The molecule has 1 aliphatic heterocycles. The molecular formula is C25H24F2N4O3. The molecule has 176 valence electrons. The summed E-state index contributed by atoms with van der Waals surface area (Å²) in [6.07, 6.45) is 2.27. The van der Waals surface area contributed by atoms with Crippen molar-refractivity contribution in [2.45, 2.75) is 6.42 Å². The van der Waals surface area contributed by atoms with Crippen LogP contribution in [0.4, 0.5) is 20.3 Å². The van der Waals surface area contributed by atoms with Crippen LogP contribution in [0.25, 0.3) is 0 Å². The Balaban J connectivity index is 1.30. The van der Waals surface area contributed by atoms with Crippen molar-refractivity contribution in [3.63, 3.8) is 0 Å². The van der Waals surface area contributed by atoms with Gasteiger partial charge in [0, 0.05) is 37.8 Å². The molecule has 1 fully saturated rings. The van der Waals surface area contributed by atoms with Crippen molar-refractivity contribution in [2.75, 3.05) is 43.0 Å². The second-order valence-corrected chi connectivity index (χ2v) is 7.84. The van der Waals surface area contributed by atoms with E-state index in [9.17, 15) is 18.4 Å². The number of amides is 2. The average molecular weight is 466 g/mol. The summed E-state index contributed by atoms with van der Waals surface area (Å²) >= 11 is 0. The molecule has 2 heterocycles. The molecule has 4 rings (SSSR count). The van der Waals surface area contributed by atoms with E-state index in [1.54, 1.807) is 17.0 Å². The maximum Gasteiger partial charge on any atom is 0.260 e. The van der Waals surface area contributed by atoms with Crippen molar-refractivity contribution in [1.29, 1.82) is 0 Å². The molecule has 0 radical (unpaired) electrons. The van der Waals surface area contributed by atoms with Gasteiger partial charge < -0.3 is 19.9 Å². The van der Waals surface area contributed by atoms with Crippen LogP contribution in [-0.4, -0.2) is 54.5 Å². The normalized spacial score (nSPS) is 13.8. The number of aromatic nitrogens is 1. The van der Waals surface area contributed by atoms with Crippen molar-refractivity contribution >= 4 is 23.3 Å². The third-order valence-electron chi connectivity index (χ3n) is 5.41. The molecule has 0 aliphatic carbocycles. The van der Waals surface area contributed by atoms with Crippen LogP contribution in [-0.2, 0) is 4.79 Å². The van der Waals surface area contributed by atoms with E-state index in [0.717, 1.165) is 25.1 Å². The minimum atomic E-state index is -0.820. The zero-order valence-electron chi connectivity index (χ0n) is 18.4. The summed E-state index contributed by atoms with van der Waals surface area (Å²) in [7, 11) is 0. The van der Waals surface area contributed by atoms with E-state index in [2.05, 4.69) is 15.2 Å². The van der Waals surface area contributed by atoms with E-state index in [-0.39, 0.29) is 18.1 Å². The van der Waals surface area contributed by atoms with Crippen molar-refractivity contribution in [3.8, 4) is 5.75 Å². The van der Waals surface area contributed by atoms with Crippen LogP contribution < -0.4 is 15.0 Å². The fourth-order valence-electron chi connectivity index (χ4n) is 3.68. The number of carbonyl (C=O) groups is 2. The Morgan fingerprint density at radius 3 is 2.41 bits per heavy atom. The number of hydrogen-bond donors (Lipinski definition) is 1. The largest absolute Gasteiger partial charge is 0.484 e. The van der Waals surface area contributed by atoms with Crippen LogP contribution in [0.1, 0.15) is 16.8 Å². The molecule has 2 amide bonds. The minimum Gasteiger partial charge on any atom is -0.484 e. The Bertz CT molecular complexity index is 1120. The lowest BCUT2D eigenvalue weighted by atomic mass is 10.2. The number of carbonyl (C=O) groups excluding carboxylic acids is 2. The number of rotatable bonds is 6. The summed E-state index contributed by atoms with van der Waals surface area (Å²) in [6.45, 7) is 2.50. The van der Waals surface area contributed by atoms with Gasteiger partial charge in [-0.2, -0.15) is 0 Å². The second-order valence-electron chi connectivity index (χ2n) is 7.84. The van der Waals surface area contributed by atoms with Gasteiger partial charge in [-0.15, -0.1) is 0 Å². The van der Waals surface area contributed by atoms with Crippen molar-refractivity contribution < 1.29 is 23.1 Å². The Morgan fingerprint density at radius 2 is 1.71 bits per heavy atom. The number of ether oxygens (including phenoxy) is 1. The van der Waals surface area contributed by atoms with E-state index in [1.165, 1.54) is 6.20 Å². The van der Waals surface area contributed by atoms with Crippen molar-refractivity contribution in [2.24, 2.45) is 0 Å². The molecular weight excluding hydrogens is 442 g/mol. The first-order valence-corrected chi connectivity index (χ1v) is 10.9. The highest BCUT2D eigenvalue weighted by atomic mass is 19.1. The Morgan fingerprint density at radius 1 is 0.941 bits per heavy atom. The lowest BCUT2D eigenvalue weighted by Crippen LogP contribution is -2.38. The summed E-state index contributed by atoms with van der Waals surface area (Å²) in [6, 6.07) is 15.3. The summed E-state index contributed by atoms with van der Waals surface area (Å²) in [5, 5.41) is 2.58. The number of nitrogens with zero attached hydrogens (tertiary/aromatic N) is 3. The van der Waals surface area contributed by atoms with Gasteiger partial charge in [-0.05, 0) is 42.8 Å². The number of pyridine rings is 1. The second kappa shape index (κ2) is 10.7. The van der Waals surface area contributed by atoms with Crippen LogP contribution in [0.2, 0.25) is 0 Å². The minimum absolute atomic E-state index is 0.00806. The molecule has 0 spiro atoms. The Labute approximate surface area is 196 Å². The molecule has 7 nitrogen and oxygen atoms in total. The highest BCUT2D eigenvalue weighted by molar-refractivity contribution is 6.04. The average Bonchev–Trinajstić information content (AvgIpc) is 3.09. The van der Waals surface area contributed by atoms with Gasteiger partial charge in [0.25, 0.3) is 11.8 Å². The number of halogens is 2. The molecule has 1 saturated heterocycles. The van der Waals surface area contributed by atoms with E-state index < -0.39 is 17.5 Å². The van der Waals surface area contributed by atoms with Crippen LogP contribution in [0.5, 0.6) is 5.75 Å². The predicted molar refractivity (Wildman–Crippen MR) is 124 cm³/mol. The quantitative estimate of drug-likeness (QED) is 0.599. The zero-order chi connectivity index (χ0) is 23.9. The third kappa shape index (κ3) is 6.06. The van der Waals surface area contributed by atoms with Gasteiger partial charge in [0.2, 0.25) is 0 Å². The number of benzene rings is 2. The molecule has 0 atom stereocenters. The highest BCUT2D eigenvalue weighted by Gasteiger charge is 2.20. The number of anilines is 2. The predicted octanol–water partition coefficient (Wildman–Crippen LogP) is 3.73. The van der Waals surface area contributed by atoms with Crippen molar-refractivity contribution in [1.82, 2.24) is 9.88 Å². The number of nitrogens with one attached hydrogen (secondary N) is 1. The van der Waals surface area contributed by atoms with E-state index in [4.69, 9.17) is 4.74 Å². The summed E-state index contributed by atoms with van der Waals surface area (Å²) in [5.41, 5.74) is 0.290. The fraction of sp³-hybridized carbons (Fsp3) is 0.240. The van der Waals surface area contributed by atoms with Gasteiger partial charge in [0.15, 0.2) is 6.61 Å². The molecule has 0 unspecified atom stereocenters. The Hall–Kier alpha value is -4.01. The molecule has 34 heavy (non-hydrogen) atoms. The number of para-hydroxylation sites is 1. The van der Waals surface area contributed by atoms with Crippen LogP contribution in [0.3, 0.4) is 0 Å². The van der Waals surface area contributed by atoms with Gasteiger partial charge in [-0.3, -0.25) is 9.59 Å². The van der Waals surface area contributed by atoms with Gasteiger partial charge >= 0.3 is 0 Å². The first-order valence-electron chi connectivity index (χ1n) is 10.9. The molecule has 0 saturated carbocycles. The van der Waals surface area contributed by atoms with Crippen LogP contribution in [0, 0.1) is 11.6 Å². The smallest absolute Gasteiger partial charge is 0.260 e. The molecule has 1 N–H and O–H groups in total. The molecule has 1 aliphatic rings. The summed E-state index contributed by atoms with van der Waals surface area (Å²) in [4.78, 5) is 33.1. The van der Waals surface area contributed by atoms with E-state index in [0.29, 0.717) is 43.0 Å². The zero-order valence-corrected chi connectivity index (χ0v) is 18.4. The summed E-state index contributed by atoms with van der Waals surface area (Å²) < 4.78 is 32.3. The van der Waals surface area contributed by atoms with Gasteiger partial charge in [-0.1, -0.05) is 18.2 Å². The van der Waals surface area contributed by atoms with E-state index >= 15 is 0 Å². The van der Waals surface area contributed by atoms with Crippen molar-refractivity contribution in [3.05, 3.63) is 84.1 Å². The SMILES string of the molecule is O=C(Nc1ccc(N2CCCN(C(=O)COc3ccccc3)CC2)nc1)c1cc(F)cc(F)c1. The Kier molecular flexibility index (Phi) is 7.31. The lowest BCUT2D eigenvalue weighted by Gasteiger charge is -2.23. The molecule has 1 aromatic heterocycles. The molecule has 9 heteroatoms. The standard InChI is InChI=1S/C25H24F2N4O3/c26-19-13-18(14-20(27)15-19)25(33)29-21-7-8-23(28-16-21)30-9-4-10-31(12-11-30)24(32)17-34-22-5-2-1-3-6-22/h1-3,5-8,13-16H,4,9-12,17H2,(H,29,33). The third-order valence-corrected chi connectivity index (χ3v) is 5.41. The first-order chi connectivity index (χ1) is 16.5. The van der Waals surface area contributed by atoms with Gasteiger partial charge in [0.1, 0.15) is 23.2 Å². The van der Waals surface area contributed by atoms with Crippen LogP contribution in [0.15, 0.2) is 66.9 Å². The topological polar surface area (TPSA) is 74.8 Å². The monoisotopic (exact) mass is 466 g/mol. The molecule has 0 bridgehead atoms. The number of hydrogen-bond acceptors (Lipinski definition) is 5. The van der Waals surface area contributed by atoms with E-state index in [1.807, 2.05) is 30.3 Å². The maximum atomic E-state index is 13.3. The summed E-state index contributed by atoms with van der Waals surface area (Å²) in [5.74, 6) is -0.964.